The van der Waals surface area contributed by atoms with Crippen molar-refractivity contribution in [2.45, 2.75) is 31.1 Å². The van der Waals surface area contributed by atoms with Crippen molar-refractivity contribution in [3.63, 3.8) is 0 Å². The summed E-state index contributed by atoms with van der Waals surface area (Å²) in [5.41, 5.74) is 0.883. The maximum absolute atomic E-state index is 10.2. The molecule has 4 rings (SSSR count). The van der Waals surface area contributed by atoms with Crippen LogP contribution in [-0.2, 0) is 11.3 Å². The zero-order chi connectivity index (χ0) is 19.0. The van der Waals surface area contributed by atoms with E-state index in [1.807, 2.05) is 0 Å². The first-order chi connectivity index (χ1) is 13.1. The van der Waals surface area contributed by atoms with Gasteiger partial charge >= 0.3 is 0 Å². The predicted molar refractivity (Wildman–Crippen MR) is 90.9 cm³/mol. The van der Waals surface area contributed by atoms with Crippen LogP contribution in [0.25, 0.3) is 11.2 Å². The van der Waals surface area contributed by atoms with Crippen LogP contribution in [-0.4, -0.2) is 66.9 Å². The van der Waals surface area contributed by atoms with Crippen molar-refractivity contribution in [2.75, 3.05) is 19.0 Å². The Hall–Kier alpha value is -2.73. The topological polar surface area (TPSA) is 148 Å². The Balaban J connectivity index is 1.58. The Morgan fingerprint density at radius 2 is 2.11 bits per heavy atom. The number of imidazole rings is 1. The van der Waals surface area contributed by atoms with Gasteiger partial charge in [-0.3, -0.25) is 4.57 Å². The van der Waals surface area contributed by atoms with E-state index in [1.54, 1.807) is 13.2 Å². The Labute approximate surface area is 153 Å². The van der Waals surface area contributed by atoms with Gasteiger partial charge in [0.2, 0.25) is 0 Å². The third-order valence-corrected chi connectivity index (χ3v) is 4.45. The molecule has 0 amide bonds. The molecule has 1 fully saturated rings. The molecule has 27 heavy (non-hydrogen) atoms. The molecule has 4 N–H and O–H groups in total. The van der Waals surface area contributed by atoms with Crippen LogP contribution < -0.4 is 10.1 Å². The van der Waals surface area contributed by atoms with E-state index in [0.717, 1.165) is 0 Å². The summed E-state index contributed by atoms with van der Waals surface area (Å²) < 4.78 is 17.5. The molecule has 0 aliphatic carbocycles. The standard InChI is InChI=1S/C16H19N5O6/c1-25-9-2-8(26-5-9)3-17-14-11-15(19-6-18-14)21(7-20-11)16-13(24)12(23)10(4-22)27-16/h2,5-7,10,12-13,16,22-24H,3-4H2,1H3,(H,17,18,19)/t10-,12-,13+,16-/m1/s1. The summed E-state index contributed by atoms with van der Waals surface area (Å²) in [6.45, 7) is -0.0497. The molecule has 0 spiro atoms. The number of nitrogens with zero attached hydrogens (tertiary/aromatic N) is 4. The fourth-order valence-corrected chi connectivity index (χ4v) is 3.01. The van der Waals surface area contributed by atoms with Gasteiger partial charge in [0.05, 0.1) is 26.6 Å². The van der Waals surface area contributed by atoms with E-state index in [9.17, 15) is 15.3 Å². The van der Waals surface area contributed by atoms with E-state index in [1.165, 1.54) is 23.5 Å². The molecule has 0 bridgehead atoms. The number of aliphatic hydroxyl groups excluding tert-OH is 3. The SMILES string of the molecule is COc1coc(CNc2ncnc3c2ncn3[C@@H]2O[C@H](CO)[C@@H](O)[C@@H]2O)c1. The lowest BCUT2D eigenvalue weighted by molar-refractivity contribution is -0.0511. The van der Waals surface area contributed by atoms with E-state index in [0.29, 0.717) is 35.0 Å². The largest absolute Gasteiger partial charge is 0.493 e. The Morgan fingerprint density at radius 3 is 2.81 bits per heavy atom. The number of nitrogens with one attached hydrogen (secondary N) is 1. The summed E-state index contributed by atoms with van der Waals surface area (Å²) in [6, 6.07) is 1.75. The number of aromatic nitrogens is 4. The lowest BCUT2D eigenvalue weighted by Crippen LogP contribution is -2.33. The molecule has 4 heterocycles. The normalized spacial score (nSPS) is 25.2. The molecule has 4 atom stereocenters. The molecule has 1 saturated heterocycles. The summed E-state index contributed by atoms with van der Waals surface area (Å²) in [5.74, 6) is 1.75. The highest BCUT2D eigenvalue weighted by Crippen LogP contribution is 2.32. The summed E-state index contributed by atoms with van der Waals surface area (Å²) in [7, 11) is 1.56. The number of hydrogen-bond donors (Lipinski definition) is 4. The van der Waals surface area contributed by atoms with Gasteiger partial charge in [0.25, 0.3) is 0 Å². The number of hydrogen-bond acceptors (Lipinski definition) is 10. The summed E-state index contributed by atoms with van der Waals surface area (Å²) in [5, 5.41) is 32.5. The molecule has 1 aliphatic rings. The van der Waals surface area contributed by atoms with Crippen molar-refractivity contribution in [1.82, 2.24) is 19.5 Å². The van der Waals surface area contributed by atoms with Gasteiger partial charge in [0, 0.05) is 6.07 Å². The second kappa shape index (κ2) is 7.12. The highest BCUT2D eigenvalue weighted by molar-refractivity contribution is 5.82. The molecular formula is C16H19N5O6. The van der Waals surface area contributed by atoms with Crippen LogP contribution in [0.3, 0.4) is 0 Å². The average molecular weight is 377 g/mol. The van der Waals surface area contributed by atoms with E-state index in [-0.39, 0.29) is 0 Å². The van der Waals surface area contributed by atoms with Crippen LogP contribution >= 0.6 is 0 Å². The van der Waals surface area contributed by atoms with Crippen molar-refractivity contribution < 1.29 is 29.2 Å². The predicted octanol–water partition coefficient (Wildman–Crippen LogP) is -0.349. The minimum Gasteiger partial charge on any atom is -0.493 e. The van der Waals surface area contributed by atoms with Crippen molar-refractivity contribution in [1.29, 1.82) is 0 Å². The van der Waals surface area contributed by atoms with Gasteiger partial charge in [-0.15, -0.1) is 0 Å². The van der Waals surface area contributed by atoms with Crippen LogP contribution in [0.1, 0.15) is 12.0 Å². The Bertz CT molecular complexity index is 927. The van der Waals surface area contributed by atoms with Crippen LogP contribution in [0.15, 0.2) is 29.4 Å². The first-order valence-electron chi connectivity index (χ1n) is 8.27. The van der Waals surface area contributed by atoms with Gasteiger partial charge in [-0.25, -0.2) is 15.0 Å². The van der Waals surface area contributed by atoms with Gasteiger partial charge in [-0.2, -0.15) is 0 Å². The van der Waals surface area contributed by atoms with Crippen molar-refractivity contribution in [3.8, 4) is 5.75 Å². The molecular weight excluding hydrogens is 358 g/mol. The van der Waals surface area contributed by atoms with Crippen LogP contribution in [0.4, 0.5) is 5.82 Å². The summed E-state index contributed by atoms with van der Waals surface area (Å²) in [4.78, 5) is 12.7. The van der Waals surface area contributed by atoms with E-state index < -0.39 is 31.1 Å². The van der Waals surface area contributed by atoms with Gasteiger partial charge in [0.1, 0.15) is 36.7 Å². The highest BCUT2D eigenvalue weighted by Gasteiger charge is 2.44. The summed E-state index contributed by atoms with van der Waals surface area (Å²) >= 11 is 0. The number of anilines is 1. The quantitative estimate of drug-likeness (QED) is 0.449. The third-order valence-electron chi connectivity index (χ3n) is 4.45. The number of furan rings is 1. The minimum atomic E-state index is -1.22. The summed E-state index contributed by atoms with van der Waals surface area (Å²) in [6.07, 6.45) is 0.0822. The first kappa shape index (κ1) is 17.7. The van der Waals surface area contributed by atoms with Crippen molar-refractivity contribution in [3.05, 3.63) is 30.7 Å². The monoisotopic (exact) mass is 377 g/mol. The molecule has 144 valence electrons. The zero-order valence-corrected chi connectivity index (χ0v) is 14.4. The van der Waals surface area contributed by atoms with Gasteiger partial charge in [-0.05, 0) is 0 Å². The van der Waals surface area contributed by atoms with Gasteiger partial charge < -0.3 is 34.5 Å². The molecule has 0 radical (unpaired) electrons. The number of methoxy groups -OCH3 is 1. The van der Waals surface area contributed by atoms with E-state index in [2.05, 4.69) is 20.3 Å². The lowest BCUT2D eigenvalue weighted by Gasteiger charge is -2.16. The third kappa shape index (κ3) is 3.10. The average Bonchev–Trinajstić information content (AvgIpc) is 3.39. The highest BCUT2D eigenvalue weighted by atomic mass is 16.6. The second-order valence-electron chi connectivity index (χ2n) is 6.08. The fraction of sp³-hybridized carbons (Fsp3) is 0.438. The van der Waals surface area contributed by atoms with E-state index in [4.69, 9.17) is 13.9 Å². The van der Waals surface area contributed by atoms with Crippen LogP contribution in [0.5, 0.6) is 5.75 Å². The van der Waals surface area contributed by atoms with Gasteiger partial charge in [-0.1, -0.05) is 0 Å². The number of fused-ring (bicyclic) bond motifs is 1. The van der Waals surface area contributed by atoms with Crippen molar-refractivity contribution >= 4 is 17.0 Å². The van der Waals surface area contributed by atoms with Crippen LogP contribution in [0, 0.1) is 0 Å². The van der Waals surface area contributed by atoms with Crippen LogP contribution in [0.2, 0.25) is 0 Å². The number of aliphatic hydroxyl groups is 3. The maximum atomic E-state index is 10.2. The molecule has 3 aromatic rings. The van der Waals surface area contributed by atoms with Gasteiger partial charge in [0.15, 0.2) is 29.0 Å². The Kier molecular flexibility index (Phi) is 4.66. The Morgan fingerprint density at radius 1 is 1.26 bits per heavy atom. The fourth-order valence-electron chi connectivity index (χ4n) is 3.01. The maximum Gasteiger partial charge on any atom is 0.167 e. The lowest BCUT2D eigenvalue weighted by atomic mass is 10.1. The minimum absolute atomic E-state index is 0.357. The second-order valence-corrected chi connectivity index (χ2v) is 6.08. The molecule has 11 heteroatoms. The smallest absolute Gasteiger partial charge is 0.167 e. The van der Waals surface area contributed by atoms with E-state index >= 15 is 0 Å². The zero-order valence-electron chi connectivity index (χ0n) is 14.4. The molecule has 0 unspecified atom stereocenters. The number of rotatable bonds is 6. The molecule has 11 nitrogen and oxygen atoms in total. The molecule has 0 aromatic carbocycles. The molecule has 0 saturated carbocycles. The van der Waals surface area contributed by atoms with Crippen molar-refractivity contribution in [2.24, 2.45) is 0 Å². The first-order valence-corrected chi connectivity index (χ1v) is 8.27. The molecule has 3 aromatic heterocycles. The molecule has 1 aliphatic heterocycles. The number of ether oxygens (including phenoxy) is 2.